The van der Waals surface area contributed by atoms with Crippen LogP contribution in [-0.2, 0) is 21.3 Å². The lowest BCUT2D eigenvalue weighted by atomic mass is 9.90. The number of fused-ring (bicyclic) bond motifs is 2. The molecule has 1 heterocycles. The summed E-state index contributed by atoms with van der Waals surface area (Å²) in [5, 5.41) is 2.39. The summed E-state index contributed by atoms with van der Waals surface area (Å²) in [5.41, 5.74) is 2.07. The number of hydrogen-bond acceptors (Lipinski definition) is 4. The van der Waals surface area contributed by atoms with E-state index < -0.39 is 20.6 Å². The van der Waals surface area contributed by atoms with E-state index in [4.69, 9.17) is 4.55 Å². The average Bonchev–Trinajstić information content (AvgIpc) is 2.66. The highest BCUT2D eigenvalue weighted by Crippen LogP contribution is 2.28. The van der Waals surface area contributed by atoms with Gasteiger partial charge in [-0.05, 0) is 52.6 Å². The molecule has 136 valence electrons. The Balaban J connectivity index is 0.000000168. The first-order valence-corrected chi connectivity index (χ1v) is 9.43. The van der Waals surface area contributed by atoms with Gasteiger partial charge in [0.25, 0.3) is 15.7 Å². The van der Waals surface area contributed by atoms with Crippen molar-refractivity contribution in [2.75, 3.05) is 0 Å². The predicted octanol–water partition coefficient (Wildman–Crippen LogP) is 2.79. The summed E-state index contributed by atoms with van der Waals surface area (Å²) >= 11 is 0. The van der Waals surface area contributed by atoms with Crippen molar-refractivity contribution in [2.45, 2.75) is 11.3 Å². The maximum Gasteiger partial charge on any atom is 0.300 e. The molecule has 4 rings (SSSR count). The summed E-state index contributed by atoms with van der Waals surface area (Å²) in [6.45, 7) is 0. The minimum atomic E-state index is -4.38. The zero-order valence-corrected chi connectivity index (χ0v) is 14.9. The maximum absolute atomic E-state index is 10.8. The molecule has 6 nitrogen and oxygen atoms in total. The standard InChI is InChI=1S/C15H10O.C5H5NO4S/c16-10-14-7-3-6-13-8-11-4-1-2-5-12(11)9-15(13)14;7-5-4(11(8,9)10)2-1-3-6-5/h1-5,7-9H,6H2;1-3H,(H,6,7)(H,8,9,10). The largest absolute Gasteiger partial charge is 0.328 e. The second-order valence-corrected chi connectivity index (χ2v) is 7.21. The van der Waals surface area contributed by atoms with Gasteiger partial charge in [0.05, 0.1) is 5.57 Å². The van der Waals surface area contributed by atoms with Gasteiger partial charge in [-0.3, -0.25) is 9.35 Å². The number of benzene rings is 2. The van der Waals surface area contributed by atoms with Gasteiger partial charge >= 0.3 is 0 Å². The first kappa shape index (κ1) is 18.5. The fraction of sp³-hybridized carbons (Fsp3) is 0.0500. The van der Waals surface area contributed by atoms with Gasteiger partial charge in [-0.1, -0.05) is 36.4 Å². The number of carbonyl (C=O) groups excluding carboxylic acids is 1. The lowest BCUT2D eigenvalue weighted by Crippen LogP contribution is -2.15. The van der Waals surface area contributed by atoms with E-state index in [0.717, 1.165) is 18.1 Å². The molecule has 0 bridgehead atoms. The normalized spacial score (nSPS) is 12.7. The molecule has 0 amide bonds. The molecule has 2 aromatic carbocycles. The van der Waals surface area contributed by atoms with Crippen molar-refractivity contribution >= 4 is 32.4 Å². The van der Waals surface area contributed by atoms with Gasteiger partial charge in [0.15, 0.2) is 4.90 Å². The molecule has 0 atom stereocenters. The third kappa shape index (κ3) is 4.12. The van der Waals surface area contributed by atoms with Crippen molar-refractivity contribution in [3.8, 4) is 0 Å². The molecule has 7 heteroatoms. The number of H-pyrrole nitrogens is 1. The van der Waals surface area contributed by atoms with Crippen LogP contribution in [0, 0.1) is 0 Å². The minimum Gasteiger partial charge on any atom is -0.328 e. The Morgan fingerprint density at radius 1 is 1.04 bits per heavy atom. The van der Waals surface area contributed by atoms with Crippen LogP contribution in [-0.4, -0.2) is 23.9 Å². The van der Waals surface area contributed by atoms with Crippen LogP contribution in [0.5, 0.6) is 0 Å². The van der Waals surface area contributed by atoms with Crippen LogP contribution in [0.3, 0.4) is 0 Å². The van der Waals surface area contributed by atoms with Crippen molar-refractivity contribution in [1.29, 1.82) is 0 Å². The first-order valence-electron chi connectivity index (χ1n) is 7.99. The molecule has 1 aromatic heterocycles. The zero-order chi connectivity index (χ0) is 19.4. The molecule has 0 aliphatic heterocycles. The fourth-order valence-electron chi connectivity index (χ4n) is 2.80. The molecule has 2 N–H and O–H groups in total. The topological polar surface area (TPSA) is 104 Å². The number of allylic oxidation sites excluding steroid dienone is 3. The van der Waals surface area contributed by atoms with Gasteiger partial charge in [-0.15, -0.1) is 0 Å². The number of aromatic amines is 1. The fourth-order valence-corrected chi connectivity index (χ4v) is 3.34. The van der Waals surface area contributed by atoms with E-state index in [1.165, 1.54) is 28.6 Å². The van der Waals surface area contributed by atoms with Crippen molar-refractivity contribution in [2.24, 2.45) is 0 Å². The van der Waals surface area contributed by atoms with Crippen LogP contribution >= 0.6 is 0 Å². The summed E-state index contributed by atoms with van der Waals surface area (Å²) in [7, 11) is -4.38. The summed E-state index contributed by atoms with van der Waals surface area (Å²) in [5.74, 6) is 2.00. The van der Waals surface area contributed by atoms with Gasteiger partial charge in [0, 0.05) is 6.20 Å². The average molecular weight is 381 g/mol. The van der Waals surface area contributed by atoms with E-state index in [0.29, 0.717) is 5.57 Å². The quantitative estimate of drug-likeness (QED) is 0.498. The van der Waals surface area contributed by atoms with Crippen LogP contribution in [0.25, 0.3) is 16.3 Å². The smallest absolute Gasteiger partial charge is 0.300 e. The highest BCUT2D eigenvalue weighted by molar-refractivity contribution is 7.85. The van der Waals surface area contributed by atoms with Crippen LogP contribution in [0.1, 0.15) is 11.1 Å². The second-order valence-electron chi connectivity index (χ2n) is 5.82. The lowest BCUT2D eigenvalue weighted by molar-refractivity contribution is 0.482. The molecule has 0 saturated heterocycles. The molecule has 0 fully saturated rings. The first-order chi connectivity index (χ1) is 12.9. The summed E-state index contributed by atoms with van der Waals surface area (Å²) in [6.07, 6.45) is 6.03. The van der Waals surface area contributed by atoms with Crippen molar-refractivity contribution in [3.05, 3.63) is 88.4 Å². The number of pyridine rings is 1. The second kappa shape index (κ2) is 7.55. The Morgan fingerprint density at radius 2 is 1.74 bits per heavy atom. The van der Waals surface area contributed by atoms with E-state index in [1.807, 2.05) is 30.2 Å². The molecule has 0 saturated carbocycles. The van der Waals surface area contributed by atoms with E-state index in [2.05, 4.69) is 29.2 Å². The number of nitrogens with one attached hydrogen (secondary N) is 1. The summed E-state index contributed by atoms with van der Waals surface area (Å²) < 4.78 is 29.2. The Morgan fingerprint density at radius 3 is 2.33 bits per heavy atom. The number of hydrogen-bond donors (Lipinski definition) is 2. The SMILES string of the molecule is O=C=C1C=CCc2cc3ccccc3cc21.O=c1[nH]cccc1S(=O)(=O)O. The number of aromatic nitrogens is 1. The molecule has 0 unspecified atom stereocenters. The Labute approximate surface area is 155 Å². The molecule has 0 radical (unpaired) electrons. The van der Waals surface area contributed by atoms with Crippen molar-refractivity contribution in [1.82, 2.24) is 4.98 Å². The molecular formula is C20H15NO5S. The molecular weight excluding hydrogens is 366 g/mol. The van der Waals surface area contributed by atoms with Crippen LogP contribution in [0.4, 0.5) is 0 Å². The van der Waals surface area contributed by atoms with Gasteiger partial charge in [0.2, 0.25) is 0 Å². The van der Waals surface area contributed by atoms with Crippen LogP contribution < -0.4 is 5.56 Å². The Bertz CT molecular complexity index is 1250. The molecule has 0 spiro atoms. The predicted molar refractivity (Wildman–Crippen MR) is 103 cm³/mol. The van der Waals surface area contributed by atoms with Crippen LogP contribution in [0.2, 0.25) is 0 Å². The Kier molecular flexibility index (Phi) is 5.19. The van der Waals surface area contributed by atoms with Gasteiger partial charge in [-0.25, -0.2) is 4.79 Å². The highest BCUT2D eigenvalue weighted by Gasteiger charge is 2.12. The molecule has 27 heavy (non-hydrogen) atoms. The van der Waals surface area contributed by atoms with E-state index in [9.17, 15) is 18.0 Å². The number of rotatable bonds is 1. The maximum atomic E-state index is 10.8. The molecule has 1 aliphatic carbocycles. The Hall–Kier alpha value is -3.25. The van der Waals surface area contributed by atoms with E-state index in [1.54, 1.807) is 0 Å². The van der Waals surface area contributed by atoms with Crippen LogP contribution in [0.15, 0.2) is 76.6 Å². The third-order valence-electron chi connectivity index (χ3n) is 4.05. The highest BCUT2D eigenvalue weighted by atomic mass is 32.2. The zero-order valence-electron chi connectivity index (χ0n) is 14.0. The van der Waals surface area contributed by atoms with Crippen molar-refractivity contribution < 1.29 is 17.8 Å². The minimum absolute atomic E-state index is 0.639. The van der Waals surface area contributed by atoms with Gasteiger partial charge in [0.1, 0.15) is 5.94 Å². The van der Waals surface area contributed by atoms with Gasteiger partial charge in [-0.2, -0.15) is 8.42 Å². The van der Waals surface area contributed by atoms with Crippen molar-refractivity contribution in [3.63, 3.8) is 0 Å². The van der Waals surface area contributed by atoms with Gasteiger partial charge < -0.3 is 4.98 Å². The van der Waals surface area contributed by atoms with E-state index in [-0.39, 0.29) is 0 Å². The summed E-state index contributed by atoms with van der Waals surface area (Å²) in [4.78, 5) is 23.0. The lowest BCUT2D eigenvalue weighted by Gasteiger charge is -2.12. The molecule has 1 aliphatic rings. The van der Waals surface area contributed by atoms with E-state index >= 15 is 0 Å². The molecule has 3 aromatic rings. The monoisotopic (exact) mass is 381 g/mol. The summed E-state index contributed by atoms with van der Waals surface area (Å²) in [6, 6.07) is 14.8. The third-order valence-corrected chi connectivity index (χ3v) is 4.93.